The quantitative estimate of drug-likeness (QED) is 0.651. The number of hydrogen-bond donors (Lipinski definition) is 1. The standard InChI is InChI=1S/C20H22ClN3OS/c1-12-8-13(2)18-14(9-12)10-15(19(21)23-18)20(25)22-11-16(24(3)4)17-6-5-7-26-17/h5-10,16H,11H2,1-4H3,(H,22,25). The van der Waals surface area contributed by atoms with Crippen molar-refractivity contribution in [1.29, 1.82) is 0 Å². The highest BCUT2D eigenvalue weighted by molar-refractivity contribution is 7.10. The summed E-state index contributed by atoms with van der Waals surface area (Å²) >= 11 is 7.99. The number of hydrogen-bond acceptors (Lipinski definition) is 4. The molecule has 136 valence electrons. The molecule has 0 aliphatic rings. The van der Waals surface area contributed by atoms with Crippen LogP contribution in [0.3, 0.4) is 0 Å². The van der Waals surface area contributed by atoms with Gasteiger partial charge in [0.1, 0.15) is 5.15 Å². The lowest BCUT2D eigenvalue weighted by Gasteiger charge is -2.23. The monoisotopic (exact) mass is 387 g/mol. The molecule has 2 aromatic heterocycles. The number of likely N-dealkylation sites (N-methyl/N-ethyl adjacent to an activating group) is 1. The van der Waals surface area contributed by atoms with E-state index in [4.69, 9.17) is 11.6 Å². The maximum Gasteiger partial charge on any atom is 0.254 e. The van der Waals surface area contributed by atoms with E-state index in [0.717, 1.165) is 22.0 Å². The Kier molecular flexibility index (Phi) is 5.61. The van der Waals surface area contributed by atoms with Gasteiger partial charge in [-0.2, -0.15) is 0 Å². The van der Waals surface area contributed by atoms with Gasteiger partial charge in [0.2, 0.25) is 0 Å². The van der Waals surface area contributed by atoms with Crippen molar-refractivity contribution in [2.45, 2.75) is 19.9 Å². The Balaban J connectivity index is 1.84. The van der Waals surface area contributed by atoms with Crippen LogP contribution in [-0.4, -0.2) is 36.4 Å². The fourth-order valence-corrected chi connectivity index (χ4v) is 4.24. The first-order chi connectivity index (χ1) is 12.4. The first kappa shape index (κ1) is 18.8. The number of fused-ring (bicyclic) bond motifs is 1. The Morgan fingerprint density at radius 3 is 2.73 bits per heavy atom. The molecule has 0 spiro atoms. The number of halogens is 1. The Bertz CT molecular complexity index is 938. The normalized spacial score (nSPS) is 12.5. The molecule has 2 heterocycles. The molecule has 0 aliphatic carbocycles. The Labute approximate surface area is 162 Å². The molecule has 4 nitrogen and oxygen atoms in total. The van der Waals surface area contributed by atoms with Crippen molar-refractivity contribution in [3.63, 3.8) is 0 Å². The second-order valence-corrected chi connectivity index (χ2v) is 8.02. The van der Waals surface area contributed by atoms with Crippen LogP contribution in [-0.2, 0) is 0 Å². The molecule has 1 atom stereocenters. The summed E-state index contributed by atoms with van der Waals surface area (Å²) in [5.41, 5.74) is 3.44. The number of carbonyl (C=O) groups is 1. The Morgan fingerprint density at radius 1 is 1.31 bits per heavy atom. The summed E-state index contributed by atoms with van der Waals surface area (Å²) in [6.07, 6.45) is 0. The third-order valence-corrected chi connectivity index (χ3v) is 5.66. The molecule has 3 aromatic rings. The predicted molar refractivity (Wildman–Crippen MR) is 109 cm³/mol. The van der Waals surface area contributed by atoms with Gasteiger partial charge in [-0.05, 0) is 57.1 Å². The smallest absolute Gasteiger partial charge is 0.254 e. The van der Waals surface area contributed by atoms with Crippen LogP contribution in [0.25, 0.3) is 10.9 Å². The number of pyridine rings is 1. The molecule has 26 heavy (non-hydrogen) atoms. The zero-order chi connectivity index (χ0) is 18.8. The number of aryl methyl sites for hydroxylation is 2. The molecular formula is C20H22ClN3OS. The van der Waals surface area contributed by atoms with Crippen LogP contribution in [0.4, 0.5) is 0 Å². The third kappa shape index (κ3) is 3.90. The lowest BCUT2D eigenvalue weighted by molar-refractivity contribution is 0.0942. The SMILES string of the molecule is Cc1cc(C)c2nc(Cl)c(C(=O)NCC(c3cccs3)N(C)C)cc2c1. The van der Waals surface area contributed by atoms with Crippen molar-refractivity contribution >= 4 is 39.7 Å². The first-order valence-electron chi connectivity index (χ1n) is 8.42. The number of amides is 1. The predicted octanol–water partition coefficient (Wildman–Crippen LogP) is 4.60. The summed E-state index contributed by atoms with van der Waals surface area (Å²) in [5, 5.41) is 6.21. The molecule has 0 bridgehead atoms. The molecule has 0 saturated carbocycles. The van der Waals surface area contributed by atoms with Crippen molar-refractivity contribution in [3.05, 3.63) is 62.4 Å². The number of nitrogens with one attached hydrogen (secondary N) is 1. The molecule has 1 aromatic carbocycles. The second kappa shape index (κ2) is 7.74. The molecule has 6 heteroatoms. The van der Waals surface area contributed by atoms with Gasteiger partial charge < -0.3 is 10.2 Å². The average Bonchev–Trinajstić information content (AvgIpc) is 3.09. The van der Waals surface area contributed by atoms with Crippen molar-refractivity contribution in [2.24, 2.45) is 0 Å². The van der Waals surface area contributed by atoms with Crippen LogP contribution < -0.4 is 5.32 Å². The maximum absolute atomic E-state index is 12.7. The number of benzene rings is 1. The second-order valence-electron chi connectivity index (χ2n) is 6.69. The van der Waals surface area contributed by atoms with Crippen LogP contribution in [0.5, 0.6) is 0 Å². The lowest BCUT2D eigenvalue weighted by atomic mass is 10.1. The minimum absolute atomic E-state index is 0.121. The summed E-state index contributed by atoms with van der Waals surface area (Å²) in [6.45, 7) is 4.54. The summed E-state index contributed by atoms with van der Waals surface area (Å²) in [4.78, 5) is 20.5. The van der Waals surface area contributed by atoms with E-state index in [1.54, 1.807) is 11.3 Å². The van der Waals surface area contributed by atoms with E-state index in [0.29, 0.717) is 12.1 Å². The van der Waals surface area contributed by atoms with Crippen molar-refractivity contribution in [2.75, 3.05) is 20.6 Å². The van der Waals surface area contributed by atoms with Gasteiger partial charge in [-0.1, -0.05) is 29.3 Å². The minimum Gasteiger partial charge on any atom is -0.350 e. The van der Waals surface area contributed by atoms with E-state index in [2.05, 4.69) is 27.3 Å². The summed E-state index contributed by atoms with van der Waals surface area (Å²) in [6, 6.07) is 10.1. The molecule has 1 unspecified atom stereocenters. The van der Waals surface area contributed by atoms with E-state index >= 15 is 0 Å². The largest absolute Gasteiger partial charge is 0.350 e. The molecule has 3 rings (SSSR count). The molecule has 1 amide bonds. The van der Waals surface area contributed by atoms with Gasteiger partial charge in [-0.25, -0.2) is 4.98 Å². The topological polar surface area (TPSA) is 45.2 Å². The van der Waals surface area contributed by atoms with Crippen LogP contribution in [0.15, 0.2) is 35.7 Å². The molecule has 0 aliphatic heterocycles. The fraction of sp³-hybridized carbons (Fsp3) is 0.300. The highest BCUT2D eigenvalue weighted by atomic mass is 35.5. The van der Waals surface area contributed by atoms with Gasteiger partial charge in [-0.3, -0.25) is 4.79 Å². The van der Waals surface area contributed by atoms with E-state index in [1.807, 2.05) is 51.5 Å². The van der Waals surface area contributed by atoms with Crippen LogP contribution in [0.1, 0.15) is 32.4 Å². The third-order valence-electron chi connectivity index (χ3n) is 4.40. The van der Waals surface area contributed by atoms with Crippen molar-refractivity contribution < 1.29 is 4.79 Å². The van der Waals surface area contributed by atoms with Gasteiger partial charge in [-0.15, -0.1) is 11.3 Å². The highest BCUT2D eigenvalue weighted by Gasteiger charge is 2.19. The number of thiophene rings is 1. The van der Waals surface area contributed by atoms with Gasteiger partial charge in [0, 0.05) is 16.8 Å². The van der Waals surface area contributed by atoms with Crippen LogP contribution in [0, 0.1) is 13.8 Å². The zero-order valence-electron chi connectivity index (χ0n) is 15.3. The zero-order valence-corrected chi connectivity index (χ0v) is 16.9. The molecule has 0 saturated heterocycles. The van der Waals surface area contributed by atoms with Crippen molar-refractivity contribution in [3.8, 4) is 0 Å². The average molecular weight is 388 g/mol. The van der Waals surface area contributed by atoms with Crippen LogP contribution in [0.2, 0.25) is 5.15 Å². The van der Waals surface area contributed by atoms with Crippen molar-refractivity contribution in [1.82, 2.24) is 15.2 Å². The van der Waals surface area contributed by atoms with E-state index < -0.39 is 0 Å². The summed E-state index contributed by atoms with van der Waals surface area (Å²) in [5.74, 6) is -0.202. The van der Waals surface area contributed by atoms with Gasteiger partial charge in [0.25, 0.3) is 5.91 Å². The lowest BCUT2D eigenvalue weighted by Crippen LogP contribution is -2.34. The molecular weight excluding hydrogens is 366 g/mol. The van der Waals surface area contributed by atoms with Crippen LogP contribution >= 0.6 is 22.9 Å². The van der Waals surface area contributed by atoms with Gasteiger partial charge in [0.05, 0.1) is 17.1 Å². The number of nitrogens with zero attached hydrogens (tertiary/aromatic N) is 2. The molecule has 0 fully saturated rings. The Morgan fingerprint density at radius 2 is 2.08 bits per heavy atom. The summed E-state index contributed by atoms with van der Waals surface area (Å²) in [7, 11) is 4.01. The molecule has 0 radical (unpaired) electrons. The van der Waals surface area contributed by atoms with Gasteiger partial charge in [0.15, 0.2) is 0 Å². The summed E-state index contributed by atoms with van der Waals surface area (Å²) < 4.78 is 0. The van der Waals surface area contributed by atoms with E-state index in [9.17, 15) is 4.79 Å². The van der Waals surface area contributed by atoms with Gasteiger partial charge >= 0.3 is 0 Å². The number of aromatic nitrogens is 1. The maximum atomic E-state index is 12.7. The highest BCUT2D eigenvalue weighted by Crippen LogP contribution is 2.25. The molecule has 1 N–H and O–H groups in total. The number of rotatable bonds is 5. The first-order valence-corrected chi connectivity index (χ1v) is 9.68. The van der Waals surface area contributed by atoms with E-state index in [-0.39, 0.29) is 17.1 Å². The fourth-order valence-electron chi connectivity index (χ4n) is 3.09. The number of carbonyl (C=O) groups excluding carboxylic acids is 1. The van der Waals surface area contributed by atoms with E-state index in [1.165, 1.54) is 4.88 Å². The minimum atomic E-state index is -0.202. The Hall–Kier alpha value is -1.95.